The van der Waals surface area contributed by atoms with Crippen LogP contribution < -0.4 is 10.6 Å². The molecule has 0 aliphatic carbocycles. The van der Waals surface area contributed by atoms with Gasteiger partial charge in [-0.3, -0.25) is 9.78 Å². The number of pyridine rings is 1. The molecule has 1 atom stereocenters. The lowest BCUT2D eigenvalue weighted by Gasteiger charge is -2.21. The summed E-state index contributed by atoms with van der Waals surface area (Å²) in [5, 5.41) is 8.62. The molecule has 0 radical (unpaired) electrons. The number of thiophene rings is 1. The largest absolute Gasteiger partial charge is 0.381 e. The first-order chi connectivity index (χ1) is 15.7. The fourth-order valence-electron chi connectivity index (χ4n) is 5.17. The molecule has 7 nitrogen and oxygen atoms in total. The number of nitrogens with zero attached hydrogens (tertiary/aromatic N) is 3. The van der Waals surface area contributed by atoms with Crippen molar-refractivity contribution in [3.63, 3.8) is 0 Å². The van der Waals surface area contributed by atoms with Crippen molar-refractivity contribution in [2.24, 2.45) is 5.41 Å². The van der Waals surface area contributed by atoms with Gasteiger partial charge in [0.2, 0.25) is 5.91 Å². The van der Waals surface area contributed by atoms with Crippen LogP contribution >= 0.6 is 22.7 Å². The third-order valence-electron chi connectivity index (χ3n) is 6.94. The number of fused-ring (bicyclic) bond motifs is 2. The lowest BCUT2D eigenvalue weighted by atomic mass is 9.87. The molecule has 0 saturated carbocycles. The molecule has 3 aromatic heterocycles. The number of nitrogens with one attached hydrogen (secondary N) is 2. The SMILES string of the molecule is O=C(CCN1CCC2(CCOC2)C1)Nc1sc2c(c1-c1nc3cnccc3s1)CCNC2. The van der Waals surface area contributed by atoms with Crippen LogP contribution in [0.5, 0.6) is 0 Å². The van der Waals surface area contributed by atoms with E-state index in [1.54, 1.807) is 28.9 Å². The Morgan fingerprint density at radius 1 is 1.34 bits per heavy atom. The average Bonchev–Trinajstić information content (AvgIpc) is 3.58. The number of anilines is 1. The summed E-state index contributed by atoms with van der Waals surface area (Å²) in [4.78, 5) is 25.7. The van der Waals surface area contributed by atoms with Crippen molar-refractivity contribution in [1.29, 1.82) is 0 Å². The Kier molecular flexibility index (Phi) is 5.47. The van der Waals surface area contributed by atoms with Gasteiger partial charge in [0.25, 0.3) is 0 Å². The zero-order chi connectivity index (χ0) is 21.5. The molecule has 1 unspecified atom stereocenters. The normalized spacial score (nSPS) is 23.2. The minimum Gasteiger partial charge on any atom is -0.381 e. The highest BCUT2D eigenvalue weighted by Gasteiger charge is 2.41. The second-order valence-electron chi connectivity index (χ2n) is 9.12. The quantitative estimate of drug-likeness (QED) is 0.595. The van der Waals surface area contributed by atoms with Crippen LogP contribution in [-0.4, -0.2) is 60.2 Å². The molecule has 6 heterocycles. The molecule has 0 aromatic carbocycles. The molecule has 3 aromatic rings. The van der Waals surface area contributed by atoms with Gasteiger partial charge in [0.15, 0.2) is 0 Å². The van der Waals surface area contributed by atoms with E-state index in [0.29, 0.717) is 11.8 Å². The van der Waals surface area contributed by atoms with Crippen LogP contribution in [0.4, 0.5) is 5.00 Å². The zero-order valence-corrected chi connectivity index (χ0v) is 19.6. The predicted octanol–water partition coefficient (Wildman–Crippen LogP) is 3.51. The molecule has 2 saturated heterocycles. The minimum absolute atomic E-state index is 0.0872. The van der Waals surface area contributed by atoms with Gasteiger partial charge in [-0.1, -0.05) is 0 Å². The first-order valence-electron chi connectivity index (χ1n) is 11.4. The second kappa shape index (κ2) is 8.46. The smallest absolute Gasteiger partial charge is 0.226 e. The van der Waals surface area contributed by atoms with Crippen molar-refractivity contribution >= 4 is 43.8 Å². The van der Waals surface area contributed by atoms with Crippen LogP contribution in [0.25, 0.3) is 20.8 Å². The Bertz CT molecular complexity index is 1120. The summed E-state index contributed by atoms with van der Waals surface area (Å²) < 4.78 is 6.76. The highest BCUT2D eigenvalue weighted by atomic mass is 32.1. The summed E-state index contributed by atoms with van der Waals surface area (Å²) in [6, 6.07) is 2.01. The summed E-state index contributed by atoms with van der Waals surface area (Å²) >= 11 is 3.37. The highest BCUT2D eigenvalue weighted by molar-refractivity contribution is 7.22. The molecular weight excluding hydrogens is 442 g/mol. The van der Waals surface area contributed by atoms with Crippen molar-refractivity contribution in [3.8, 4) is 10.6 Å². The van der Waals surface area contributed by atoms with Crippen molar-refractivity contribution in [1.82, 2.24) is 20.2 Å². The van der Waals surface area contributed by atoms with E-state index in [0.717, 1.165) is 84.6 Å². The summed E-state index contributed by atoms with van der Waals surface area (Å²) in [6.07, 6.45) is 7.44. The maximum atomic E-state index is 13.0. The number of aromatic nitrogens is 2. The molecule has 168 valence electrons. The van der Waals surface area contributed by atoms with E-state index in [4.69, 9.17) is 9.72 Å². The van der Waals surface area contributed by atoms with E-state index in [1.807, 2.05) is 12.3 Å². The van der Waals surface area contributed by atoms with Gasteiger partial charge in [-0.2, -0.15) is 0 Å². The molecule has 1 spiro atoms. The number of carbonyl (C=O) groups excluding carboxylic acids is 1. The van der Waals surface area contributed by atoms with E-state index in [-0.39, 0.29) is 5.91 Å². The van der Waals surface area contributed by atoms with Gasteiger partial charge < -0.3 is 20.3 Å². The topological polar surface area (TPSA) is 79.4 Å². The van der Waals surface area contributed by atoms with Crippen LogP contribution in [0.2, 0.25) is 0 Å². The number of thiazole rings is 1. The van der Waals surface area contributed by atoms with Gasteiger partial charge in [0.1, 0.15) is 15.5 Å². The van der Waals surface area contributed by atoms with Crippen molar-refractivity contribution in [3.05, 3.63) is 28.9 Å². The predicted molar refractivity (Wildman–Crippen MR) is 128 cm³/mol. The van der Waals surface area contributed by atoms with Crippen LogP contribution in [0.15, 0.2) is 18.5 Å². The Balaban J connectivity index is 1.20. The van der Waals surface area contributed by atoms with Gasteiger partial charge in [0, 0.05) is 54.7 Å². The van der Waals surface area contributed by atoms with Gasteiger partial charge in [-0.25, -0.2) is 4.98 Å². The third-order valence-corrected chi connectivity index (χ3v) is 9.14. The van der Waals surface area contributed by atoms with Gasteiger partial charge in [-0.05, 0) is 44.0 Å². The average molecular weight is 470 g/mol. The first-order valence-corrected chi connectivity index (χ1v) is 13.0. The molecule has 0 bridgehead atoms. The molecular formula is C23H27N5O2S2. The lowest BCUT2D eigenvalue weighted by Crippen LogP contribution is -2.30. The van der Waals surface area contributed by atoms with E-state index in [9.17, 15) is 4.79 Å². The molecule has 2 N–H and O–H groups in total. The van der Waals surface area contributed by atoms with Crippen LogP contribution in [0.1, 0.15) is 29.7 Å². The van der Waals surface area contributed by atoms with E-state index in [1.165, 1.54) is 16.9 Å². The third kappa shape index (κ3) is 3.86. The molecule has 32 heavy (non-hydrogen) atoms. The standard InChI is InChI=1S/C23H27N5O2S2/c29-19(3-8-28-9-4-23(13-28)5-10-30-14-23)27-22-20(15-1-6-25-12-18(15)32-22)21-26-16-11-24-7-2-17(16)31-21/h2,7,11,25H,1,3-6,8-10,12-14H2,(H,27,29). The molecule has 9 heteroatoms. The van der Waals surface area contributed by atoms with Gasteiger partial charge in [0.05, 0.1) is 17.5 Å². The van der Waals surface area contributed by atoms with Crippen LogP contribution in [0.3, 0.4) is 0 Å². The van der Waals surface area contributed by atoms with E-state index < -0.39 is 0 Å². The highest BCUT2D eigenvalue weighted by Crippen LogP contribution is 2.45. The number of rotatable bonds is 5. The van der Waals surface area contributed by atoms with E-state index in [2.05, 4.69) is 20.5 Å². The Hall–Kier alpha value is -1.91. The molecule has 3 aliphatic heterocycles. The monoisotopic (exact) mass is 469 g/mol. The number of hydrogen-bond donors (Lipinski definition) is 2. The maximum absolute atomic E-state index is 13.0. The Morgan fingerprint density at radius 2 is 2.31 bits per heavy atom. The molecule has 6 rings (SSSR count). The molecule has 1 amide bonds. The van der Waals surface area contributed by atoms with Crippen molar-refractivity contribution in [2.45, 2.75) is 32.2 Å². The first kappa shape index (κ1) is 20.7. The van der Waals surface area contributed by atoms with E-state index >= 15 is 0 Å². The summed E-state index contributed by atoms with van der Waals surface area (Å²) in [7, 11) is 0. The Morgan fingerprint density at radius 3 is 3.19 bits per heavy atom. The van der Waals surface area contributed by atoms with Crippen LogP contribution in [-0.2, 0) is 22.5 Å². The fraction of sp³-hybridized carbons (Fsp3) is 0.522. The van der Waals surface area contributed by atoms with Gasteiger partial charge >= 0.3 is 0 Å². The second-order valence-corrected chi connectivity index (χ2v) is 11.3. The summed E-state index contributed by atoms with van der Waals surface area (Å²) in [5.74, 6) is 0.0872. The fourth-order valence-corrected chi connectivity index (χ4v) is 7.49. The number of likely N-dealkylation sites (tertiary alicyclic amines) is 1. The molecule has 2 fully saturated rings. The zero-order valence-electron chi connectivity index (χ0n) is 18.0. The lowest BCUT2D eigenvalue weighted by molar-refractivity contribution is -0.116. The number of carbonyl (C=O) groups is 1. The van der Waals surface area contributed by atoms with Crippen molar-refractivity contribution in [2.75, 3.05) is 44.7 Å². The summed E-state index contributed by atoms with van der Waals surface area (Å²) in [6.45, 7) is 6.51. The van der Waals surface area contributed by atoms with Crippen molar-refractivity contribution < 1.29 is 9.53 Å². The van der Waals surface area contributed by atoms with Gasteiger partial charge in [-0.15, -0.1) is 22.7 Å². The number of amides is 1. The Labute approximate surface area is 195 Å². The summed E-state index contributed by atoms with van der Waals surface area (Å²) in [5.41, 5.74) is 3.70. The minimum atomic E-state index is 0.0872. The number of hydrogen-bond acceptors (Lipinski definition) is 8. The van der Waals surface area contributed by atoms with Crippen LogP contribution in [0, 0.1) is 5.41 Å². The molecule has 3 aliphatic rings. The number of ether oxygens (including phenoxy) is 1. The maximum Gasteiger partial charge on any atom is 0.226 e.